The van der Waals surface area contributed by atoms with Gasteiger partial charge in [-0.2, -0.15) is 0 Å². The number of thioether (sulfide) groups is 1. The van der Waals surface area contributed by atoms with Crippen molar-refractivity contribution in [2.24, 2.45) is 5.73 Å². The first-order valence-electron chi connectivity index (χ1n) is 10.2. The molecule has 0 bridgehead atoms. The van der Waals surface area contributed by atoms with Gasteiger partial charge in [-0.1, -0.05) is 0 Å². The van der Waals surface area contributed by atoms with Crippen LogP contribution in [0.25, 0.3) is 6.08 Å². The quantitative estimate of drug-likeness (QED) is 0.386. The van der Waals surface area contributed by atoms with Crippen LogP contribution in [0.4, 0.5) is 10.5 Å². The Morgan fingerprint density at radius 2 is 2.03 bits per heavy atom. The number of nitrogens with zero attached hydrogens (tertiary/aromatic N) is 1. The number of carbonyl (C=O) groups excluding carboxylic acids is 3. The molecule has 0 spiro atoms. The number of benzene rings is 1. The van der Waals surface area contributed by atoms with Crippen molar-refractivity contribution in [3.05, 3.63) is 22.6 Å². The van der Waals surface area contributed by atoms with Gasteiger partial charge in [0.1, 0.15) is 0 Å². The molecule has 1 atom stereocenters. The molecule has 3 rings (SSSR count). The average molecular weight is 449 g/mol. The van der Waals surface area contributed by atoms with E-state index in [1.807, 2.05) is 6.07 Å². The van der Waals surface area contributed by atoms with Gasteiger partial charge in [-0.3, -0.25) is 19.7 Å². The molecule has 0 aliphatic carbocycles. The summed E-state index contributed by atoms with van der Waals surface area (Å²) < 4.78 is 10.9. The Labute approximate surface area is 185 Å². The second-order valence-corrected chi connectivity index (χ2v) is 8.38. The van der Waals surface area contributed by atoms with Crippen LogP contribution in [-0.4, -0.2) is 56.9 Å². The van der Waals surface area contributed by atoms with E-state index in [9.17, 15) is 14.4 Å². The summed E-state index contributed by atoms with van der Waals surface area (Å²) in [7, 11) is 3.11. The van der Waals surface area contributed by atoms with Crippen LogP contribution in [0.1, 0.15) is 31.2 Å². The minimum Gasteiger partial charge on any atom is -0.493 e. The van der Waals surface area contributed by atoms with Crippen molar-refractivity contribution >= 4 is 40.6 Å². The predicted molar refractivity (Wildman–Crippen MR) is 120 cm³/mol. The summed E-state index contributed by atoms with van der Waals surface area (Å²) in [5, 5.41) is 4.97. The lowest BCUT2D eigenvalue weighted by atomic mass is 10.1. The van der Waals surface area contributed by atoms with E-state index in [0.29, 0.717) is 35.9 Å². The number of anilines is 1. The van der Waals surface area contributed by atoms with Gasteiger partial charge in [0.15, 0.2) is 11.5 Å². The van der Waals surface area contributed by atoms with Crippen molar-refractivity contribution in [3.8, 4) is 11.5 Å². The van der Waals surface area contributed by atoms with Crippen LogP contribution in [0.2, 0.25) is 0 Å². The van der Waals surface area contributed by atoms with Gasteiger partial charge in [0.25, 0.3) is 11.1 Å². The number of unbranched alkanes of at least 4 members (excludes halogenated alkanes) is 1. The summed E-state index contributed by atoms with van der Waals surface area (Å²) in [5.41, 5.74) is 7.07. The molecule has 2 aliphatic rings. The van der Waals surface area contributed by atoms with E-state index >= 15 is 0 Å². The molecule has 0 unspecified atom stereocenters. The van der Waals surface area contributed by atoms with Gasteiger partial charge >= 0.3 is 0 Å². The highest BCUT2D eigenvalue weighted by atomic mass is 32.2. The minimum atomic E-state index is -0.417. The topological polar surface area (TPSA) is 123 Å². The molecule has 3 amide bonds. The molecule has 2 fully saturated rings. The second kappa shape index (κ2) is 10.5. The zero-order chi connectivity index (χ0) is 22.4. The summed E-state index contributed by atoms with van der Waals surface area (Å²) in [6, 6.07) is 3.68. The lowest BCUT2D eigenvalue weighted by Gasteiger charge is -2.23. The van der Waals surface area contributed by atoms with Crippen LogP contribution in [0.15, 0.2) is 17.0 Å². The molecule has 168 valence electrons. The molecule has 0 aromatic heterocycles. The first-order valence-corrected chi connectivity index (χ1v) is 11.0. The van der Waals surface area contributed by atoms with E-state index in [0.717, 1.165) is 48.8 Å². The summed E-state index contributed by atoms with van der Waals surface area (Å²) in [6.07, 6.45) is 4.58. The van der Waals surface area contributed by atoms with Gasteiger partial charge < -0.3 is 25.4 Å². The van der Waals surface area contributed by atoms with Gasteiger partial charge in [0, 0.05) is 42.9 Å². The number of nitrogens with two attached hydrogens (primary N) is 1. The van der Waals surface area contributed by atoms with Crippen LogP contribution >= 0.6 is 11.8 Å². The molecular formula is C21H28N4O5S. The zero-order valence-electron chi connectivity index (χ0n) is 17.7. The number of methoxy groups -OCH3 is 2. The molecular weight excluding hydrogens is 420 g/mol. The molecule has 0 saturated carbocycles. The maximum atomic E-state index is 12.2. The Balaban J connectivity index is 1.81. The first kappa shape index (κ1) is 23.0. The largest absolute Gasteiger partial charge is 0.493 e. The third kappa shape index (κ3) is 5.71. The Bertz CT molecular complexity index is 889. The Kier molecular flexibility index (Phi) is 7.80. The molecule has 2 saturated heterocycles. The molecule has 2 heterocycles. The maximum Gasteiger partial charge on any atom is 0.290 e. The Morgan fingerprint density at radius 1 is 1.29 bits per heavy atom. The van der Waals surface area contributed by atoms with Crippen molar-refractivity contribution in [1.29, 1.82) is 0 Å². The number of rotatable bonds is 9. The van der Waals surface area contributed by atoms with E-state index in [1.165, 1.54) is 0 Å². The van der Waals surface area contributed by atoms with Crippen LogP contribution in [-0.2, 0) is 9.59 Å². The van der Waals surface area contributed by atoms with Crippen molar-refractivity contribution in [3.63, 3.8) is 0 Å². The van der Waals surface area contributed by atoms with Crippen molar-refractivity contribution in [2.45, 2.75) is 31.7 Å². The third-order valence-electron chi connectivity index (χ3n) is 5.21. The van der Waals surface area contributed by atoms with Crippen LogP contribution in [0.3, 0.4) is 0 Å². The summed E-state index contributed by atoms with van der Waals surface area (Å²) in [5.74, 6) is 0.706. The highest BCUT2D eigenvalue weighted by Crippen LogP contribution is 2.39. The molecule has 10 heteroatoms. The molecule has 1 aromatic carbocycles. The van der Waals surface area contributed by atoms with Gasteiger partial charge in [-0.15, -0.1) is 0 Å². The maximum absolute atomic E-state index is 12.2. The number of amides is 3. The molecule has 9 nitrogen and oxygen atoms in total. The third-order valence-corrected chi connectivity index (χ3v) is 6.02. The van der Waals surface area contributed by atoms with E-state index in [4.69, 9.17) is 15.2 Å². The standard InChI is InChI=1S/C21H28N4O5S/c1-29-16-9-13(10-18-20(27)24-21(28)31-18)15(11-17(16)30-2)25-8-6-14(12-25)23-19(26)5-3-4-7-22/h9-11,14H,3-8,12,22H2,1-2H3,(H,23,26)(H,24,27,28)/t14-/m1/s1. The summed E-state index contributed by atoms with van der Waals surface area (Å²) in [6.45, 7) is 1.95. The van der Waals surface area contributed by atoms with E-state index in [2.05, 4.69) is 15.5 Å². The van der Waals surface area contributed by atoms with E-state index in [1.54, 1.807) is 26.4 Å². The average Bonchev–Trinajstić information content (AvgIpc) is 3.33. The number of hydrogen-bond donors (Lipinski definition) is 3. The first-order chi connectivity index (χ1) is 14.9. The van der Waals surface area contributed by atoms with E-state index < -0.39 is 11.1 Å². The number of hydrogen-bond acceptors (Lipinski definition) is 8. The molecule has 2 aliphatic heterocycles. The zero-order valence-corrected chi connectivity index (χ0v) is 18.5. The lowest BCUT2D eigenvalue weighted by molar-refractivity contribution is -0.121. The lowest BCUT2D eigenvalue weighted by Crippen LogP contribution is -2.37. The van der Waals surface area contributed by atoms with Gasteiger partial charge in [0.05, 0.1) is 19.1 Å². The summed E-state index contributed by atoms with van der Waals surface area (Å²) >= 11 is 0.867. The Morgan fingerprint density at radius 3 is 2.68 bits per heavy atom. The number of imide groups is 1. The fraction of sp³-hybridized carbons (Fsp3) is 0.476. The minimum absolute atomic E-state index is 0.0321. The molecule has 31 heavy (non-hydrogen) atoms. The Hall–Kier alpha value is -2.72. The smallest absolute Gasteiger partial charge is 0.290 e. The fourth-order valence-corrected chi connectivity index (χ4v) is 4.34. The molecule has 1 aromatic rings. The number of carbonyl (C=O) groups is 3. The van der Waals surface area contributed by atoms with Gasteiger partial charge in [-0.25, -0.2) is 0 Å². The van der Waals surface area contributed by atoms with Crippen LogP contribution in [0.5, 0.6) is 11.5 Å². The highest BCUT2D eigenvalue weighted by Gasteiger charge is 2.29. The van der Waals surface area contributed by atoms with Gasteiger partial charge in [0.2, 0.25) is 5.91 Å². The molecule has 0 radical (unpaired) electrons. The molecule has 4 N–H and O–H groups in total. The summed E-state index contributed by atoms with van der Waals surface area (Å²) in [4.78, 5) is 38.2. The van der Waals surface area contributed by atoms with Crippen molar-refractivity contribution in [1.82, 2.24) is 10.6 Å². The predicted octanol–water partition coefficient (Wildman–Crippen LogP) is 1.85. The van der Waals surface area contributed by atoms with Crippen LogP contribution < -0.4 is 30.7 Å². The fourth-order valence-electron chi connectivity index (χ4n) is 3.66. The van der Waals surface area contributed by atoms with Gasteiger partial charge in [-0.05, 0) is 49.7 Å². The second-order valence-electron chi connectivity index (χ2n) is 7.36. The number of ether oxygens (including phenoxy) is 2. The highest BCUT2D eigenvalue weighted by molar-refractivity contribution is 8.18. The number of nitrogens with one attached hydrogen (secondary N) is 2. The monoisotopic (exact) mass is 448 g/mol. The van der Waals surface area contributed by atoms with Crippen molar-refractivity contribution < 1.29 is 23.9 Å². The normalized spacial score (nSPS) is 19.6. The van der Waals surface area contributed by atoms with Crippen LogP contribution in [0, 0.1) is 0 Å². The van der Waals surface area contributed by atoms with E-state index in [-0.39, 0.29) is 11.9 Å². The van der Waals surface area contributed by atoms with Crippen molar-refractivity contribution in [2.75, 3.05) is 38.8 Å². The SMILES string of the molecule is COc1cc(C=C2SC(=O)NC2=O)c(N2CC[C@@H](NC(=O)CCCCN)C2)cc1OC.